The molecule has 0 spiro atoms. The molecular weight excluding hydrogens is 313 g/mol. The first-order valence-electron chi connectivity index (χ1n) is 8.12. The van der Waals surface area contributed by atoms with E-state index in [0.717, 1.165) is 26.8 Å². The molecule has 0 saturated carbocycles. The smallest absolute Gasteiger partial charge is 0.232 e. The van der Waals surface area contributed by atoms with E-state index in [0.29, 0.717) is 16.8 Å². The minimum atomic E-state index is -0.353. The van der Waals surface area contributed by atoms with Gasteiger partial charge in [0, 0.05) is 17.2 Å². The lowest BCUT2D eigenvalue weighted by Crippen LogP contribution is -2.32. The van der Waals surface area contributed by atoms with Gasteiger partial charge in [0.15, 0.2) is 0 Å². The van der Waals surface area contributed by atoms with Crippen LogP contribution in [0.3, 0.4) is 0 Å². The van der Waals surface area contributed by atoms with Crippen LogP contribution in [0.15, 0.2) is 78.9 Å². The van der Waals surface area contributed by atoms with E-state index in [4.69, 9.17) is 0 Å². The van der Waals surface area contributed by atoms with E-state index in [1.165, 1.54) is 12.1 Å². The van der Waals surface area contributed by atoms with Crippen molar-refractivity contribution in [1.82, 2.24) is 0 Å². The third kappa shape index (κ3) is 2.74. The van der Waals surface area contributed by atoms with Crippen LogP contribution in [0, 0.1) is 17.9 Å². The first-order chi connectivity index (χ1) is 12.1. The highest BCUT2D eigenvalue weighted by Crippen LogP contribution is 2.30. The Morgan fingerprint density at radius 3 is 2.24 bits per heavy atom. The first-order valence-corrected chi connectivity index (χ1v) is 8.12. The molecular formula is C22H16FNO. The number of aryl methyl sites for hydroxylation is 1. The maximum atomic E-state index is 13.8. The van der Waals surface area contributed by atoms with Crippen molar-refractivity contribution < 1.29 is 9.12 Å². The lowest BCUT2D eigenvalue weighted by Gasteiger charge is -2.13. The Morgan fingerprint density at radius 1 is 0.800 bits per heavy atom. The molecule has 3 heteroatoms. The fourth-order valence-electron chi connectivity index (χ4n) is 3.09. The summed E-state index contributed by atoms with van der Waals surface area (Å²) in [6.07, 6.45) is 0. The van der Waals surface area contributed by atoms with E-state index >= 15 is 0 Å². The minimum Gasteiger partial charge on any atom is -0.618 e. The number of benzene rings is 3. The highest BCUT2D eigenvalue weighted by atomic mass is 19.1. The number of pyridine rings is 1. The molecule has 0 radical (unpaired) electrons. The molecule has 3 aromatic carbocycles. The summed E-state index contributed by atoms with van der Waals surface area (Å²) >= 11 is 0. The molecule has 0 bridgehead atoms. The van der Waals surface area contributed by atoms with Gasteiger partial charge in [0.25, 0.3) is 0 Å². The third-order valence-corrected chi connectivity index (χ3v) is 4.38. The molecule has 1 heterocycles. The summed E-state index contributed by atoms with van der Waals surface area (Å²) in [5, 5.41) is 14.6. The molecule has 4 aromatic rings. The molecule has 0 atom stereocenters. The topological polar surface area (TPSA) is 26.9 Å². The van der Waals surface area contributed by atoms with Crippen molar-refractivity contribution >= 4 is 10.8 Å². The largest absolute Gasteiger partial charge is 0.618 e. The summed E-state index contributed by atoms with van der Waals surface area (Å²) in [5.74, 6) is -0.353. The number of hydrogen-bond donors (Lipinski definition) is 0. The zero-order chi connectivity index (χ0) is 17.4. The zero-order valence-electron chi connectivity index (χ0n) is 13.7. The van der Waals surface area contributed by atoms with Crippen molar-refractivity contribution in [2.75, 3.05) is 0 Å². The quantitative estimate of drug-likeness (QED) is 0.364. The van der Waals surface area contributed by atoms with Gasteiger partial charge in [-0.2, -0.15) is 4.73 Å². The molecule has 4 rings (SSSR count). The molecule has 0 aliphatic carbocycles. The Morgan fingerprint density at radius 2 is 1.52 bits per heavy atom. The van der Waals surface area contributed by atoms with Crippen molar-refractivity contribution in [2.45, 2.75) is 6.92 Å². The second-order valence-corrected chi connectivity index (χ2v) is 6.14. The van der Waals surface area contributed by atoms with E-state index < -0.39 is 0 Å². The van der Waals surface area contributed by atoms with Gasteiger partial charge in [-0.05, 0) is 48.7 Å². The molecule has 1 aromatic heterocycles. The minimum absolute atomic E-state index is 0.353. The Balaban J connectivity index is 2.09. The first kappa shape index (κ1) is 15.3. The van der Waals surface area contributed by atoms with Crippen molar-refractivity contribution in [3.05, 3.63) is 95.5 Å². The summed E-state index contributed by atoms with van der Waals surface area (Å²) in [4.78, 5) is 0. The van der Waals surface area contributed by atoms with E-state index in [1.807, 2.05) is 67.6 Å². The summed E-state index contributed by atoms with van der Waals surface area (Å²) in [7, 11) is 0. The molecule has 2 nitrogen and oxygen atoms in total. The van der Waals surface area contributed by atoms with Crippen LogP contribution in [0.5, 0.6) is 0 Å². The summed E-state index contributed by atoms with van der Waals surface area (Å²) in [6, 6.07) is 23.6. The van der Waals surface area contributed by atoms with Crippen LogP contribution < -0.4 is 4.73 Å². The summed E-state index contributed by atoms with van der Waals surface area (Å²) < 4.78 is 14.7. The average molecular weight is 329 g/mol. The number of rotatable bonds is 2. The maximum absolute atomic E-state index is 13.8. The lowest BCUT2D eigenvalue weighted by molar-refractivity contribution is -0.580. The monoisotopic (exact) mass is 329 g/mol. The van der Waals surface area contributed by atoms with Crippen molar-refractivity contribution in [3.63, 3.8) is 0 Å². The van der Waals surface area contributed by atoms with Gasteiger partial charge in [-0.1, -0.05) is 42.0 Å². The fourth-order valence-corrected chi connectivity index (χ4v) is 3.09. The van der Waals surface area contributed by atoms with Crippen molar-refractivity contribution in [2.24, 2.45) is 0 Å². The van der Waals surface area contributed by atoms with Crippen LogP contribution in [0.25, 0.3) is 33.3 Å². The van der Waals surface area contributed by atoms with Gasteiger partial charge in [-0.15, -0.1) is 0 Å². The fraction of sp³-hybridized carbons (Fsp3) is 0.0455. The van der Waals surface area contributed by atoms with E-state index in [-0.39, 0.29) is 5.82 Å². The van der Waals surface area contributed by atoms with Gasteiger partial charge in [0.05, 0.1) is 5.39 Å². The Bertz CT molecular complexity index is 1060. The highest BCUT2D eigenvalue weighted by molar-refractivity contribution is 5.94. The highest BCUT2D eigenvalue weighted by Gasteiger charge is 2.20. The van der Waals surface area contributed by atoms with Crippen LogP contribution in [0.2, 0.25) is 0 Å². The normalized spacial score (nSPS) is 11.0. The number of hydrogen-bond acceptors (Lipinski definition) is 1. The second-order valence-electron chi connectivity index (χ2n) is 6.14. The van der Waals surface area contributed by atoms with E-state index in [9.17, 15) is 9.60 Å². The molecule has 0 N–H and O–H groups in total. The molecule has 0 unspecified atom stereocenters. The molecule has 0 fully saturated rings. The number of fused-ring (bicyclic) bond motifs is 1. The van der Waals surface area contributed by atoms with Gasteiger partial charge in [-0.25, -0.2) is 4.39 Å². The van der Waals surface area contributed by atoms with Gasteiger partial charge in [-0.3, -0.25) is 0 Å². The molecule has 0 aliphatic rings. The summed E-state index contributed by atoms with van der Waals surface area (Å²) in [5.41, 5.74) is 3.73. The van der Waals surface area contributed by atoms with Gasteiger partial charge in [0.2, 0.25) is 11.4 Å². The Kier molecular flexibility index (Phi) is 3.69. The predicted octanol–water partition coefficient (Wildman–Crippen LogP) is 5.25. The van der Waals surface area contributed by atoms with E-state index in [1.54, 1.807) is 6.07 Å². The van der Waals surface area contributed by atoms with Crippen LogP contribution in [0.1, 0.15) is 5.56 Å². The van der Waals surface area contributed by atoms with Crippen LogP contribution in [0.4, 0.5) is 4.39 Å². The number of aromatic nitrogens is 1. The van der Waals surface area contributed by atoms with Crippen LogP contribution >= 0.6 is 0 Å². The molecule has 0 amide bonds. The number of nitrogens with zero attached hydrogens (tertiary/aromatic N) is 1. The zero-order valence-corrected chi connectivity index (χ0v) is 13.7. The van der Waals surface area contributed by atoms with Crippen LogP contribution in [-0.2, 0) is 0 Å². The molecule has 25 heavy (non-hydrogen) atoms. The van der Waals surface area contributed by atoms with Gasteiger partial charge in [0.1, 0.15) is 5.82 Å². The van der Waals surface area contributed by atoms with Crippen molar-refractivity contribution in [3.8, 4) is 22.5 Å². The predicted molar refractivity (Wildman–Crippen MR) is 98.5 cm³/mol. The lowest BCUT2D eigenvalue weighted by atomic mass is 10.00. The second kappa shape index (κ2) is 6.02. The van der Waals surface area contributed by atoms with Gasteiger partial charge >= 0.3 is 0 Å². The third-order valence-electron chi connectivity index (χ3n) is 4.38. The molecule has 0 saturated heterocycles. The van der Waals surface area contributed by atoms with Crippen molar-refractivity contribution in [1.29, 1.82) is 0 Å². The standard InChI is InChI=1S/C22H16FNO/c1-15-7-9-17(10-8-15)22-20-14-19(23)12-11-18(20)13-21(24(22)25)16-5-3-2-4-6-16/h2-14H,1H3. The average Bonchev–Trinajstić information content (AvgIpc) is 2.63. The van der Waals surface area contributed by atoms with Gasteiger partial charge < -0.3 is 5.21 Å². The van der Waals surface area contributed by atoms with Crippen LogP contribution in [-0.4, -0.2) is 0 Å². The Labute approximate surface area is 145 Å². The van der Waals surface area contributed by atoms with E-state index in [2.05, 4.69) is 0 Å². The summed E-state index contributed by atoms with van der Waals surface area (Å²) in [6.45, 7) is 1.99. The molecule has 0 aliphatic heterocycles. The number of halogens is 1. The SMILES string of the molecule is Cc1ccc(-c2c3cc(F)ccc3cc(-c3ccccc3)[n+]2[O-])cc1. The Hall–Kier alpha value is -3.20. The maximum Gasteiger partial charge on any atom is 0.232 e. The molecule has 122 valence electrons.